The maximum atomic E-state index is 13.7. The van der Waals surface area contributed by atoms with E-state index in [0.717, 1.165) is 11.3 Å². The average molecular weight is 577 g/mol. The zero-order valence-corrected chi connectivity index (χ0v) is 23.5. The number of carbonyl (C=O) groups excluding carboxylic acids is 2. The molecule has 6 nitrogen and oxygen atoms in total. The van der Waals surface area contributed by atoms with E-state index in [1.54, 1.807) is 48.5 Å². The zero-order valence-electron chi connectivity index (χ0n) is 21.1. The van der Waals surface area contributed by atoms with Crippen LogP contribution in [-0.2, 0) is 0 Å². The number of hydrogen-bond donors (Lipinski definition) is 2. The van der Waals surface area contributed by atoms with E-state index < -0.39 is 0 Å². The van der Waals surface area contributed by atoms with Crippen LogP contribution in [0.2, 0.25) is 0 Å². The molecular weight excluding hydrogens is 557 g/mol. The molecule has 0 radical (unpaired) electrons. The van der Waals surface area contributed by atoms with Crippen molar-refractivity contribution in [3.8, 4) is 12.1 Å². The van der Waals surface area contributed by atoms with Crippen LogP contribution in [0.1, 0.15) is 41.6 Å². The van der Waals surface area contributed by atoms with E-state index in [1.165, 1.54) is 23.1 Å². The lowest BCUT2D eigenvalue weighted by molar-refractivity contribution is 0.103. The van der Waals surface area contributed by atoms with E-state index >= 15 is 0 Å². The number of benzene rings is 3. The Morgan fingerprint density at radius 2 is 1.15 bits per heavy atom. The molecule has 2 heterocycles. The number of nitrogens with zero attached hydrogens (tertiary/aromatic N) is 2. The summed E-state index contributed by atoms with van der Waals surface area (Å²) in [5.41, 5.74) is 2.91. The van der Waals surface area contributed by atoms with Crippen molar-refractivity contribution in [2.75, 3.05) is 16.9 Å². The number of para-hydroxylation sites is 1. The SMILES string of the molecule is CSc1sc(C(=O)c2ccccc2)c(Nc2sc(C(=O)c3ccccc3)c(Nc3ccccc3)c2C#N)c1C#N. The fourth-order valence-corrected chi connectivity index (χ4v) is 6.97. The Morgan fingerprint density at radius 1 is 0.675 bits per heavy atom. The minimum atomic E-state index is -0.246. The molecular formula is C31H20N4O2S3. The fourth-order valence-electron chi connectivity index (χ4n) is 4.06. The summed E-state index contributed by atoms with van der Waals surface area (Å²) in [4.78, 5) is 27.9. The van der Waals surface area contributed by atoms with E-state index in [9.17, 15) is 20.1 Å². The van der Waals surface area contributed by atoms with Crippen molar-refractivity contribution in [3.05, 3.63) is 123 Å². The van der Waals surface area contributed by atoms with Crippen LogP contribution in [0.4, 0.5) is 22.1 Å². The maximum absolute atomic E-state index is 13.7. The highest BCUT2D eigenvalue weighted by Crippen LogP contribution is 2.46. The number of carbonyl (C=O) groups is 2. The number of anilines is 4. The monoisotopic (exact) mass is 576 g/mol. The van der Waals surface area contributed by atoms with Crippen LogP contribution in [0, 0.1) is 22.7 Å². The van der Waals surface area contributed by atoms with Gasteiger partial charge in [0.05, 0.1) is 15.6 Å². The number of rotatable bonds is 9. The van der Waals surface area contributed by atoms with Crippen LogP contribution in [0.5, 0.6) is 0 Å². The van der Waals surface area contributed by atoms with Crippen LogP contribution >= 0.6 is 34.4 Å². The Bertz CT molecular complexity index is 1780. The molecule has 0 unspecified atom stereocenters. The van der Waals surface area contributed by atoms with Crippen LogP contribution < -0.4 is 10.6 Å². The van der Waals surface area contributed by atoms with E-state index in [0.29, 0.717) is 52.7 Å². The molecule has 0 atom stereocenters. The Balaban J connectivity index is 1.66. The van der Waals surface area contributed by atoms with Gasteiger partial charge < -0.3 is 10.6 Å². The van der Waals surface area contributed by atoms with Gasteiger partial charge in [0.1, 0.15) is 38.0 Å². The molecule has 5 aromatic rings. The van der Waals surface area contributed by atoms with Crippen molar-refractivity contribution >= 4 is 68.1 Å². The summed E-state index contributed by atoms with van der Waals surface area (Å²) in [6.45, 7) is 0. The first-order chi connectivity index (χ1) is 19.5. The second kappa shape index (κ2) is 12.0. The van der Waals surface area contributed by atoms with Gasteiger partial charge in [0.2, 0.25) is 11.6 Å². The van der Waals surface area contributed by atoms with Crippen LogP contribution in [0.25, 0.3) is 0 Å². The van der Waals surface area contributed by atoms with Gasteiger partial charge in [-0.15, -0.1) is 34.4 Å². The molecule has 0 saturated heterocycles. The number of nitrogens with one attached hydrogen (secondary N) is 2. The predicted molar refractivity (Wildman–Crippen MR) is 163 cm³/mol. The molecule has 3 aromatic carbocycles. The van der Waals surface area contributed by atoms with Crippen molar-refractivity contribution in [1.29, 1.82) is 10.5 Å². The van der Waals surface area contributed by atoms with Gasteiger partial charge in [-0.05, 0) is 18.4 Å². The summed E-state index contributed by atoms with van der Waals surface area (Å²) in [5, 5.41) is 27.2. The largest absolute Gasteiger partial charge is 0.353 e. The number of hydrogen-bond acceptors (Lipinski definition) is 9. The van der Waals surface area contributed by atoms with Gasteiger partial charge in [-0.2, -0.15) is 10.5 Å². The summed E-state index contributed by atoms with van der Waals surface area (Å²) >= 11 is 3.72. The number of ketones is 2. The van der Waals surface area contributed by atoms with Gasteiger partial charge in [-0.1, -0.05) is 78.9 Å². The van der Waals surface area contributed by atoms with Crippen LogP contribution in [-0.4, -0.2) is 17.8 Å². The summed E-state index contributed by atoms with van der Waals surface area (Å²) in [7, 11) is 0. The minimum Gasteiger partial charge on any atom is -0.353 e. The molecule has 0 aliphatic carbocycles. The highest BCUT2D eigenvalue weighted by atomic mass is 32.2. The maximum Gasteiger partial charge on any atom is 0.205 e. The first-order valence-electron chi connectivity index (χ1n) is 12.0. The molecule has 194 valence electrons. The Morgan fingerprint density at radius 3 is 1.65 bits per heavy atom. The number of thiophene rings is 2. The molecule has 0 aliphatic rings. The molecule has 2 aromatic heterocycles. The molecule has 2 N–H and O–H groups in total. The van der Waals surface area contributed by atoms with Crippen molar-refractivity contribution in [3.63, 3.8) is 0 Å². The Hall–Kier alpha value is -4.67. The zero-order chi connectivity index (χ0) is 28.1. The molecule has 5 rings (SSSR count). The lowest BCUT2D eigenvalue weighted by Gasteiger charge is -2.09. The minimum absolute atomic E-state index is 0.215. The summed E-state index contributed by atoms with van der Waals surface area (Å²) < 4.78 is 0.683. The quantitative estimate of drug-likeness (QED) is 0.134. The Labute approximate surface area is 243 Å². The molecule has 0 bridgehead atoms. The van der Waals surface area contributed by atoms with Crippen molar-refractivity contribution < 1.29 is 9.59 Å². The van der Waals surface area contributed by atoms with Gasteiger partial charge in [-0.3, -0.25) is 9.59 Å². The van der Waals surface area contributed by atoms with E-state index in [-0.39, 0.29) is 17.1 Å². The molecule has 0 fully saturated rings. The summed E-state index contributed by atoms with van der Waals surface area (Å²) in [6, 6.07) is 31.4. The first kappa shape index (κ1) is 26.9. The van der Waals surface area contributed by atoms with Gasteiger partial charge in [0.25, 0.3) is 0 Å². The second-order valence-electron chi connectivity index (χ2n) is 8.41. The van der Waals surface area contributed by atoms with Crippen molar-refractivity contribution in [2.45, 2.75) is 4.21 Å². The number of nitriles is 2. The molecule has 0 spiro atoms. The molecule has 40 heavy (non-hydrogen) atoms. The molecule has 0 amide bonds. The van der Waals surface area contributed by atoms with E-state index in [1.807, 2.05) is 48.7 Å². The lowest BCUT2D eigenvalue weighted by atomic mass is 10.1. The molecule has 0 saturated carbocycles. The second-order valence-corrected chi connectivity index (χ2v) is 11.5. The summed E-state index contributed by atoms with van der Waals surface area (Å²) in [6.07, 6.45) is 1.84. The smallest absolute Gasteiger partial charge is 0.205 e. The molecule has 9 heteroatoms. The number of thioether (sulfide) groups is 1. The highest BCUT2D eigenvalue weighted by Gasteiger charge is 2.28. The van der Waals surface area contributed by atoms with Crippen LogP contribution in [0.15, 0.2) is 95.2 Å². The van der Waals surface area contributed by atoms with Crippen molar-refractivity contribution in [2.24, 2.45) is 0 Å². The first-order valence-corrected chi connectivity index (χ1v) is 14.9. The van der Waals surface area contributed by atoms with Gasteiger partial charge in [-0.25, -0.2) is 0 Å². The Kier molecular flexibility index (Phi) is 8.09. The highest BCUT2D eigenvalue weighted by molar-refractivity contribution is 8.00. The lowest BCUT2D eigenvalue weighted by Crippen LogP contribution is -2.03. The average Bonchev–Trinajstić information content (AvgIpc) is 3.54. The third kappa shape index (κ3) is 5.27. The van der Waals surface area contributed by atoms with Gasteiger partial charge in [0, 0.05) is 16.8 Å². The van der Waals surface area contributed by atoms with E-state index in [2.05, 4.69) is 22.8 Å². The van der Waals surface area contributed by atoms with Gasteiger partial charge in [0.15, 0.2) is 0 Å². The molecule has 0 aliphatic heterocycles. The van der Waals surface area contributed by atoms with Crippen molar-refractivity contribution in [1.82, 2.24) is 0 Å². The normalized spacial score (nSPS) is 10.4. The van der Waals surface area contributed by atoms with Gasteiger partial charge >= 0.3 is 0 Å². The topological polar surface area (TPSA) is 106 Å². The summed E-state index contributed by atoms with van der Waals surface area (Å²) in [5.74, 6) is -0.479. The predicted octanol–water partition coefficient (Wildman–Crippen LogP) is 8.22. The standard InChI is InChI=1S/C31H20N4O2S3/c1-38-31-23(18-33)25(29(40-31)27(37)20-13-7-3-8-14-20)35-30-22(17-32)24(34-21-15-9-4-10-16-21)28(39-30)26(36)19-11-5-2-6-12-19/h2-16,34-35H,1H3. The van der Waals surface area contributed by atoms with E-state index in [4.69, 9.17) is 0 Å². The third-order valence-corrected chi connectivity index (χ3v) is 9.37. The third-order valence-electron chi connectivity index (χ3n) is 5.96. The van der Waals surface area contributed by atoms with Crippen LogP contribution in [0.3, 0.4) is 0 Å². The fraction of sp³-hybridized carbons (Fsp3) is 0.0323.